The van der Waals surface area contributed by atoms with Gasteiger partial charge in [-0.2, -0.15) is 0 Å². The van der Waals surface area contributed by atoms with E-state index >= 15 is 0 Å². The summed E-state index contributed by atoms with van der Waals surface area (Å²) in [5, 5.41) is 3.36. The van der Waals surface area contributed by atoms with Crippen LogP contribution in [0.3, 0.4) is 0 Å². The molecule has 1 aliphatic rings. The molecule has 0 bridgehead atoms. The molecular formula is C21H26FN3O. The van der Waals surface area contributed by atoms with Gasteiger partial charge < -0.3 is 10.2 Å². The second-order valence-corrected chi connectivity index (χ2v) is 6.83. The van der Waals surface area contributed by atoms with Crippen LogP contribution in [0.2, 0.25) is 0 Å². The molecule has 1 fully saturated rings. The van der Waals surface area contributed by atoms with Crippen molar-refractivity contribution in [2.24, 2.45) is 0 Å². The highest BCUT2D eigenvalue weighted by molar-refractivity contribution is 5.78. The van der Waals surface area contributed by atoms with E-state index in [9.17, 15) is 9.18 Å². The molecule has 26 heavy (non-hydrogen) atoms. The Morgan fingerprint density at radius 3 is 2.85 bits per heavy atom. The number of hydrogen-bond acceptors (Lipinski definition) is 3. The van der Waals surface area contributed by atoms with E-state index in [1.54, 1.807) is 12.1 Å². The molecule has 1 unspecified atom stereocenters. The molecule has 2 aromatic rings. The molecule has 4 nitrogen and oxygen atoms in total. The first kappa shape index (κ1) is 18.5. The van der Waals surface area contributed by atoms with E-state index in [1.165, 1.54) is 11.6 Å². The zero-order valence-corrected chi connectivity index (χ0v) is 15.0. The lowest BCUT2D eigenvalue weighted by Crippen LogP contribution is -2.36. The van der Waals surface area contributed by atoms with E-state index in [-0.39, 0.29) is 11.7 Å². The van der Waals surface area contributed by atoms with Gasteiger partial charge in [0.15, 0.2) is 0 Å². The van der Waals surface area contributed by atoms with Crippen LogP contribution >= 0.6 is 0 Å². The van der Waals surface area contributed by atoms with Crippen molar-refractivity contribution in [1.82, 2.24) is 15.2 Å². The fraction of sp³-hybridized carbons (Fsp3) is 0.429. The van der Waals surface area contributed by atoms with E-state index in [0.717, 1.165) is 44.3 Å². The van der Waals surface area contributed by atoms with Crippen LogP contribution in [-0.4, -0.2) is 34.9 Å². The van der Waals surface area contributed by atoms with Gasteiger partial charge in [-0.3, -0.25) is 9.78 Å². The molecule has 138 valence electrons. The fourth-order valence-corrected chi connectivity index (χ4v) is 3.55. The van der Waals surface area contributed by atoms with Crippen LogP contribution in [0.4, 0.5) is 4.39 Å². The van der Waals surface area contributed by atoms with Crippen LogP contribution in [0.15, 0.2) is 48.8 Å². The maximum Gasteiger partial charge on any atom is 0.222 e. The van der Waals surface area contributed by atoms with E-state index < -0.39 is 0 Å². The number of nitrogens with one attached hydrogen (secondary N) is 1. The smallest absolute Gasteiger partial charge is 0.222 e. The van der Waals surface area contributed by atoms with E-state index in [4.69, 9.17) is 0 Å². The molecule has 5 heteroatoms. The molecule has 1 aromatic heterocycles. The van der Waals surface area contributed by atoms with Crippen molar-refractivity contribution in [3.05, 3.63) is 65.7 Å². The molecule has 0 radical (unpaired) electrons. The number of aromatic nitrogens is 1. The summed E-state index contributed by atoms with van der Waals surface area (Å²) in [7, 11) is 0. The zero-order valence-electron chi connectivity index (χ0n) is 15.0. The first-order valence-electron chi connectivity index (χ1n) is 9.36. The number of aryl methyl sites for hydroxylation is 1. The average molecular weight is 355 g/mol. The zero-order chi connectivity index (χ0) is 18.2. The predicted octanol–water partition coefficient (Wildman–Crippen LogP) is 3.32. The average Bonchev–Trinajstić information content (AvgIpc) is 3.00. The van der Waals surface area contributed by atoms with Crippen LogP contribution in [0, 0.1) is 5.82 Å². The van der Waals surface area contributed by atoms with E-state index in [2.05, 4.69) is 10.3 Å². The SMILES string of the molecule is O=C1CCC(CCNCc2cccc(F)c2)N1CCCc1ccncc1. The molecule has 2 heterocycles. The predicted molar refractivity (Wildman–Crippen MR) is 100 cm³/mol. The van der Waals surface area contributed by atoms with Gasteiger partial charge in [-0.1, -0.05) is 12.1 Å². The third-order valence-electron chi connectivity index (χ3n) is 4.94. The van der Waals surface area contributed by atoms with Crippen molar-refractivity contribution in [2.75, 3.05) is 13.1 Å². The fourth-order valence-electron chi connectivity index (χ4n) is 3.55. The van der Waals surface area contributed by atoms with Gasteiger partial charge in [0.1, 0.15) is 5.82 Å². The van der Waals surface area contributed by atoms with Gasteiger partial charge in [0.05, 0.1) is 0 Å². The largest absolute Gasteiger partial charge is 0.340 e. The molecule has 0 saturated carbocycles. The normalized spacial score (nSPS) is 17.0. The second-order valence-electron chi connectivity index (χ2n) is 6.83. The minimum absolute atomic E-state index is 0.203. The van der Waals surface area contributed by atoms with Gasteiger partial charge >= 0.3 is 0 Å². The van der Waals surface area contributed by atoms with Crippen molar-refractivity contribution < 1.29 is 9.18 Å². The van der Waals surface area contributed by atoms with Crippen molar-refractivity contribution in [3.8, 4) is 0 Å². The molecule has 1 aromatic carbocycles. The lowest BCUT2D eigenvalue weighted by atomic mass is 10.1. The summed E-state index contributed by atoms with van der Waals surface area (Å²) in [6.07, 6.45) is 8.10. The summed E-state index contributed by atoms with van der Waals surface area (Å²) < 4.78 is 13.2. The first-order valence-corrected chi connectivity index (χ1v) is 9.36. The second kappa shape index (κ2) is 9.43. The van der Waals surface area contributed by atoms with Gasteiger partial charge in [-0.15, -0.1) is 0 Å². The molecule has 1 atom stereocenters. The molecule has 0 spiro atoms. The van der Waals surface area contributed by atoms with Crippen LogP contribution in [-0.2, 0) is 17.8 Å². The summed E-state index contributed by atoms with van der Waals surface area (Å²) in [5.74, 6) is 0.0703. The summed E-state index contributed by atoms with van der Waals surface area (Å²) >= 11 is 0. The Morgan fingerprint density at radius 1 is 1.19 bits per heavy atom. The lowest BCUT2D eigenvalue weighted by Gasteiger charge is -2.25. The summed E-state index contributed by atoms with van der Waals surface area (Å²) in [6.45, 7) is 2.30. The lowest BCUT2D eigenvalue weighted by molar-refractivity contribution is -0.129. The maximum atomic E-state index is 13.2. The number of likely N-dealkylation sites (tertiary alicyclic amines) is 1. The third-order valence-corrected chi connectivity index (χ3v) is 4.94. The molecular weight excluding hydrogens is 329 g/mol. The monoisotopic (exact) mass is 355 g/mol. The van der Waals surface area contributed by atoms with Gasteiger partial charge in [0.2, 0.25) is 5.91 Å². The maximum absolute atomic E-state index is 13.2. The van der Waals surface area contributed by atoms with E-state index in [1.807, 2.05) is 35.5 Å². The highest BCUT2D eigenvalue weighted by atomic mass is 19.1. The molecule has 1 amide bonds. The number of carbonyl (C=O) groups is 1. The Bertz CT molecular complexity index is 707. The summed E-state index contributed by atoms with van der Waals surface area (Å²) in [4.78, 5) is 18.3. The van der Waals surface area contributed by atoms with Gasteiger partial charge in [-0.25, -0.2) is 4.39 Å². The summed E-state index contributed by atoms with van der Waals surface area (Å²) in [6, 6.07) is 11.0. The number of pyridine rings is 1. The van der Waals surface area contributed by atoms with Crippen molar-refractivity contribution in [1.29, 1.82) is 0 Å². The quantitative estimate of drug-likeness (QED) is 0.702. The van der Waals surface area contributed by atoms with Crippen LogP contribution < -0.4 is 5.32 Å². The van der Waals surface area contributed by atoms with Gasteiger partial charge in [0, 0.05) is 37.9 Å². The van der Waals surface area contributed by atoms with Crippen LogP contribution in [0.1, 0.15) is 36.8 Å². The number of hydrogen-bond donors (Lipinski definition) is 1. The first-order chi connectivity index (χ1) is 12.7. The molecule has 3 rings (SSSR count). The standard InChI is InChI=1S/C21H26FN3O/c22-19-5-1-3-18(15-19)16-24-13-10-20-6-7-21(26)25(20)14-2-4-17-8-11-23-12-9-17/h1,3,5,8-9,11-12,15,20,24H,2,4,6-7,10,13-14,16H2. The van der Waals surface area contributed by atoms with Crippen molar-refractivity contribution in [2.45, 2.75) is 44.7 Å². The Morgan fingerprint density at radius 2 is 2.04 bits per heavy atom. The molecule has 0 aliphatic carbocycles. The van der Waals surface area contributed by atoms with Gasteiger partial charge in [0.25, 0.3) is 0 Å². The number of carbonyl (C=O) groups excluding carboxylic acids is 1. The van der Waals surface area contributed by atoms with Crippen molar-refractivity contribution >= 4 is 5.91 Å². The van der Waals surface area contributed by atoms with Crippen molar-refractivity contribution in [3.63, 3.8) is 0 Å². The highest BCUT2D eigenvalue weighted by Gasteiger charge is 2.29. The van der Waals surface area contributed by atoms with Crippen LogP contribution in [0.5, 0.6) is 0 Å². The Labute approximate surface area is 154 Å². The number of rotatable bonds is 9. The number of nitrogens with zero attached hydrogens (tertiary/aromatic N) is 2. The minimum atomic E-state index is -0.203. The number of halogens is 1. The third kappa shape index (κ3) is 5.36. The van der Waals surface area contributed by atoms with E-state index in [0.29, 0.717) is 19.0 Å². The molecule has 1 aliphatic heterocycles. The molecule has 1 N–H and O–H groups in total. The Hall–Kier alpha value is -2.27. The van der Waals surface area contributed by atoms with Crippen LogP contribution in [0.25, 0.3) is 0 Å². The molecule has 1 saturated heterocycles. The summed E-state index contributed by atoms with van der Waals surface area (Å²) in [5.41, 5.74) is 2.21. The van der Waals surface area contributed by atoms with Gasteiger partial charge in [-0.05, 0) is 67.6 Å². The number of benzene rings is 1. The number of amides is 1. The minimum Gasteiger partial charge on any atom is -0.340 e. The Kier molecular flexibility index (Phi) is 6.72. The topological polar surface area (TPSA) is 45.2 Å². The highest BCUT2D eigenvalue weighted by Crippen LogP contribution is 2.21. The Balaban J connectivity index is 1.39.